The van der Waals surface area contributed by atoms with E-state index in [2.05, 4.69) is 43.4 Å². The van der Waals surface area contributed by atoms with Gasteiger partial charge in [-0.2, -0.15) is 0 Å². The quantitative estimate of drug-likeness (QED) is 0.777. The molecule has 1 aromatic carbocycles. The third kappa shape index (κ3) is 2.72. The maximum Gasteiger partial charge on any atom is 0.0895 e. The lowest BCUT2D eigenvalue weighted by Gasteiger charge is -2.15. The van der Waals surface area contributed by atoms with Crippen molar-refractivity contribution in [2.24, 2.45) is 0 Å². The van der Waals surface area contributed by atoms with Crippen molar-refractivity contribution in [2.45, 2.75) is 26.0 Å². The first-order valence-corrected chi connectivity index (χ1v) is 6.95. The maximum atomic E-state index is 9.35. The summed E-state index contributed by atoms with van der Waals surface area (Å²) in [6.07, 6.45) is -0.692. The summed E-state index contributed by atoms with van der Waals surface area (Å²) < 4.78 is 1.29. The second-order valence-corrected chi connectivity index (χ2v) is 5.64. The molecule has 3 nitrogen and oxygen atoms in total. The van der Waals surface area contributed by atoms with Crippen molar-refractivity contribution >= 4 is 21.4 Å². The fourth-order valence-corrected chi connectivity index (χ4v) is 3.31. The van der Waals surface area contributed by atoms with E-state index in [1.807, 2.05) is 0 Å². The zero-order valence-electron chi connectivity index (χ0n) is 10.7. The molecule has 0 fully saturated rings. The molecular weight excluding hydrogens is 246 g/mol. The standard InChI is InChI=1S/C14H19NO2S/c1-9-12-5-3-4-6-13(12)18-14(9)10(2)15-7-11(17)8-16/h3-6,10-11,15-17H,7-8H2,1-2H3. The van der Waals surface area contributed by atoms with Crippen LogP contribution in [0.5, 0.6) is 0 Å². The van der Waals surface area contributed by atoms with Crippen LogP contribution in [0.3, 0.4) is 0 Å². The van der Waals surface area contributed by atoms with Gasteiger partial charge in [-0.25, -0.2) is 0 Å². The van der Waals surface area contributed by atoms with Gasteiger partial charge in [0.1, 0.15) is 0 Å². The number of aliphatic hydroxyl groups is 2. The number of hydrogen-bond acceptors (Lipinski definition) is 4. The molecule has 2 rings (SSSR count). The SMILES string of the molecule is Cc1c(C(C)NCC(O)CO)sc2ccccc12. The van der Waals surface area contributed by atoms with Gasteiger partial charge in [-0.3, -0.25) is 0 Å². The fourth-order valence-electron chi connectivity index (χ4n) is 2.08. The van der Waals surface area contributed by atoms with Gasteiger partial charge in [-0.05, 0) is 30.9 Å². The van der Waals surface area contributed by atoms with Gasteiger partial charge >= 0.3 is 0 Å². The molecule has 3 N–H and O–H groups in total. The van der Waals surface area contributed by atoms with Crippen molar-refractivity contribution in [3.05, 3.63) is 34.7 Å². The Hall–Kier alpha value is -0.940. The first-order valence-electron chi connectivity index (χ1n) is 6.13. The average molecular weight is 265 g/mol. The molecule has 0 aliphatic heterocycles. The van der Waals surface area contributed by atoms with Crippen LogP contribution in [0.25, 0.3) is 10.1 Å². The van der Waals surface area contributed by atoms with Gasteiger partial charge in [0.25, 0.3) is 0 Å². The lowest BCUT2D eigenvalue weighted by atomic mass is 10.1. The van der Waals surface area contributed by atoms with Gasteiger partial charge in [0, 0.05) is 22.2 Å². The van der Waals surface area contributed by atoms with Crippen LogP contribution < -0.4 is 5.32 Å². The number of nitrogens with one attached hydrogen (secondary N) is 1. The largest absolute Gasteiger partial charge is 0.394 e. The number of aryl methyl sites for hydroxylation is 1. The van der Waals surface area contributed by atoms with Crippen LogP contribution in [0.15, 0.2) is 24.3 Å². The van der Waals surface area contributed by atoms with Gasteiger partial charge in [-0.15, -0.1) is 11.3 Å². The summed E-state index contributed by atoms with van der Waals surface area (Å²) in [6.45, 7) is 4.42. The summed E-state index contributed by atoms with van der Waals surface area (Å²) in [5, 5.41) is 22.7. The molecule has 98 valence electrons. The minimum absolute atomic E-state index is 0.184. The number of hydrogen-bond donors (Lipinski definition) is 3. The first-order chi connectivity index (χ1) is 8.63. The molecular formula is C14H19NO2S. The molecule has 0 aliphatic carbocycles. The third-order valence-corrected chi connectivity index (χ3v) is 4.60. The zero-order valence-corrected chi connectivity index (χ0v) is 11.5. The van der Waals surface area contributed by atoms with E-state index in [0.717, 1.165) is 0 Å². The lowest BCUT2D eigenvalue weighted by molar-refractivity contribution is 0.0924. The predicted octanol–water partition coefficient (Wildman–Crippen LogP) is 2.21. The van der Waals surface area contributed by atoms with Crippen LogP contribution in [-0.2, 0) is 0 Å². The van der Waals surface area contributed by atoms with E-state index >= 15 is 0 Å². The number of aliphatic hydroxyl groups excluding tert-OH is 2. The molecule has 0 saturated heterocycles. The molecule has 1 aromatic heterocycles. The molecule has 0 saturated carbocycles. The van der Waals surface area contributed by atoms with Crippen molar-refractivity contribution in [1.82, 2.24) is 5.32 Å². The average Bonchev–Trinajstić information content (AvgIpc) is 2.73. The minimum Gasteiger partial charge on any atom is -0.394 e. The Morgan fingerprint density at radius 2 is 2.06 bits per heavy atom. The van der Waals surface area contributed by atoms with Crippen LogP contribution in [0.1, 0.15) is 23.4 Å². The van der Waals surface area contributed by atoms with Crippen molar-refractivity contribution in [3.8, 4) is 0 Å². The monoisotopic (exact) mass is 265 g/mol. The highest BCUT2D eigenvalue weighted by atomic mass is 32.1. The highest BCUT2D eigenvalue weighted by Crippen LogP contribution is 2.34. The molecule has 2 unspecified atom stereocenters. The van der Waals surface area contributed by atoms with Crippen LogP contribution in [0.4, 0.5) is 0 Å². The van der Waals surface area contributed by atoms with E-state index in [1.54, 1.807) is 11.3 Å². The van der Waals surface area contributed by atoms with Crippen LogP contribution >= 0.6 is 11.3 Å². The summed E-state index contributed by atoms with van der Waals surface area (Å²) >= 11 is 1.78. The van der Waals surface area contributed by atoms with E-state index in [0.29, 0.717) is 6.54 Å². The van der Waals surface area contributed by atoms with E-state index in [4.69, 9.17) is 5.11 Å². The summed E-state index contributed by atoms with van der Waals surface area (Å²) in [5.74, 6) is 0. The molecule has 0 bridgehead atoms. The molecule has 0 radical (unpaired) electrons. The highest BCUT2D eigenvalue weighted by Gasteiger charge is 2.14. The summed E-state index contributed by atoms with van der Waals surface area (Å²) in [4.78, 5) is 1.29. The summed E-state index contributed by atoms with van der Waals surface area (Å²) in [6, 6.07) is 8.56. The van der Waals surface area contributed by atoms with Gasteiger partial charge in [0.15, 0.2) is 0 Å². The first kappa shape index (κ1) is 13.5. The minimum atomic E-state index is -0.692. The Labute approximate surface area is 111 Å². The van der Waals surface area contributed by atoms with Crippen molar-refractivity contribution in [3.63, 3.8) is 0 Å². The summed E-state index contributed by atoms with van der Waals surface area (Å²) in [5.41, 5.74) is 1.30. The second kappa shape index (κ2) is 5.80. The fraction of sp³-hybridized carbons (Fsp3) is 0.429. The van der Waals surface area contributed by atoms with Crippen LogP contribution in [-0.4, -0.2) is 29.5 Å². The van der Waals surface area contributed by atoms with Crippen molar-refractivity contribution < 1.29 is 10.2 Å². The molecule has 2 atom stereocenters. The normalized spacial score (nSPS) is 14.9. The van der Waals surface area contributed by atoms with Gasteiger partial charge in [0.2, 0.25) is 0 Å². The second-order valence-electron chi connectivity index (χ2n) is 4.55. The van der Waals surface area contributed by atoms with E-state index in [9.17, 15) is 5.11 Å². The predicted molar refractivity (Wildman–Crippen MR) is 76.1 cm³/mol. The Morgan fingerprint density at radius 3 is 2.72 bits per heavy atom. The number of rotatable bonds is 5. The molecule has 0 aliphatic rings. The van der Waals surface area contributed by atoms with Gasteiger partial charge < -0.3 is 15.5 Å². The Balaban J connectivity index is 2.17. The van der Waals surface area contributed by atoms with E-state index < -0.39 is 6.10 Å². The zero-order chi connectivity index (χ0) is 13.1. The molecule has 18 heavy (non-hydrogen) atoms. The topological polar surface area (TPSA) is 52.5 Å². The third-order valence-electron chi connectivity index (χ3n) is 3.14. The number of benzene rings is 1. The molecule has 0 amide bonds. The molecule has 2 aromatic rings. The van der Waals surface area contributed by atoms with E-state index in [-0.39, 0.29) is 12.6 Å². The van der Waals surface area contributed by atoms with Crippen LogP contribution in [0.2, 0.25) is 0 Å². The molecule has 1 heterocycles. The number of thiophene rings is 1. The number of fused-ring (bicyclic) bond motifs is 1. The Bertz CT molecular complexity index is 523. The molecule has 4 heteroatoms. The summed E-state index contributed by atoms with van der Waals surface area (Å²) in [7, 11) is 0. The highest BCUT2D eigenvalue weighted by molar-refractivity contribution is 7.19. The Kier molecular flexibility index (Phi) is 4.35. The lowest BCUT2D eigenvalue weighted by Crippen LogP contribution is -2.31. The Morgan fingerprint density at radius 1 is 1.33 bits per heavy atom. The van der Waals surface area contributed by atoms with Crippen molar-refractivity contribution in [1.29, 1.82) is 0 Å². The van der Waals surface area contributed by atoms with Crippen molar-refractivity contribution in [2.75, 3.05) is 13.2 Å². The van der Waals surface area contributed by atoms with Gasteiger partial charge in [0.05, 0.1) is 12.7 Å². The van der Waals surface area contributed by atoms with Gasteiger partial charge in [-0.1, -0.05) is 18.2 Å². The van der Waals surface area contributed by atoms with E-state index in [1.165, 1.54) is 20.5 Å². The maximum absolute atomic E-state index is 9.35. The molecule has 0 spiro atoms. The van der Waals surface area contributed by atoms with Crippen LogP contribution in [0, 0.1) is 6.92 Å². The smallest absolute Gasteiger partial charge is 0.0895 e.